The molecule has 0 aliphatic carbocycles. The normalized spacial score (nSPS) is 39.0. The van der Waals surface area contributed by atoms with E-state index in [1.807, 2.05) is 11.8 Å². The van der Waals surface area contributed by atoms with Crippen molar-refractivity contribution in [3.05, 3.63) is 0 Å². The SMILES string of the molecule is CC1(C2NC(=O)N=C2N)CCCS1. The molecule has 0 saturated carbocycles. The Labute approximate surface area is 81.4 Å². The number of carbonyl (C=O) groups is 1. The molecule has 1 saturated heterocycles. The smallest absolute Gasteiger partial charge is 0.343 e. The topological polar surface area (TPSA) is 67.5 Å². The number of nitrogens with one attached hydrogen (secondary N) is 1. The zero-order chi connectivity index (χ0) is 9.47. The summed E-state index contributed by atoms with van der Waals surface area (Å²) in [7, 11) is 0. The van der Waals surface area contributed by atoms with Gasteiger partial charge in [-0.1, -0.05) is 0 Å². The lowest BCUT2D eigenvalue weighted by Gasteiger charge is -2.29. The molecule has 0 aromatic carbocycles. The highest BCUT2D eigenvalue weighted by molar-refractivity contribution is 8.01. The van der Waals surface area contributed by atoms with Gasteiger partial charge in [0.15, 0.2) is 0 Å². The third kappa shape index (κ3) is 1.41. The van der Waals surface area contributed by atoms with E-state index in [1.165, 1.54) is 6.42 Å². The minimum atomic E-state index is -0.295. The number of hydrogen-bond acceptors (Lipinski definition) is 3. The predicted molar refractivity (Wildman–Crippen MR) is 54.0 cm³/mol. The van der Waals surface area contributed by atoms with Crippen molar-refractivity contribution in [1.82, 2.24) is 5.32 Å². The number of aliphatic imine (C=N–C) groups is 1. The van der Waals surface area contributed by atoms with Crippen molar-refractivity contribution in [2.24, 2.45) is 10.7 Å². The van der Waals surface area contributed by atoms with E-state index in [9.17, 15) is 4.79 Å². The zero-order valence-corrected chi connectivity index (χ0v) is 8.36. The molecule has 3 N–H and O–H groups in total. The fraction of sp³-hybridized carbons (Fsp3) is 0.750. The molecular formula is C8H13N3OS. The van der Waals surface area contributed by atoms with Crippen molar-refractivity contribution in [1.29, 1.82) is 0 Å². The van der Waals surface area contributed by atoms with Crippen LogP contribution < -0.4 is 11.1 Å². The summed E-state index contributed by atoms with van der Waals surface area (Å²) in [4.78, 5) is 14.7. The highest BCUT2D eigenvalue weighted by atomic mass is 32.2. The van der Waals surface area contributed by atoms with Crippen LogP contribution in [0, 0.1) is 0 Å². The lowest BCUT2D eigenvalue weighted by Crippen LogP contribution is -2.50. The highest BCUT2D eigenvalue weighted by Gasteiger charge is 2.43. The molecule has 0 radical (unpaired) electrons. The average Bonchev–Trinajstić information content (AvgIpc) is 2.59. The number of thioether (sulfide) groups is 1. The van der Waals surface area contributed by atoms with Crippen LogP contribution in [0.5, 0.6) is 0 Å². The van der Waals surface area contributed by atoms with E-state index in [4.69, 9.17) is 5.73 Å². The second-order valence-corrected chi connectivity index (χ2v) is 5.31. The monoisotopic (exact) mass is 199 g/mol. The molecule has 13 heavy (non-hydrogen) atoms. The van der Waals surface area contributed by atoms with Gasteiger partial charge in [0.2, 0.25) is 0 Å². The van der Waals surface area contributed by atoms with Crippen LogP contribution in [0.1, 0.15) is 19.8 Å². The van der Waals surface area contributed by atoms with Gasteiger partial charge in [-0.05, 0) is 25.5 Å². The Hall–Kier alpha value is -0.710. The van der Waals surface area contributed by atoms with Crippen LogP contribution in [0.25, 0.3) is 0 Å². The maximum Gasteiger partial charge on any atom is 0.343 e. The second-order valence-electron chi connectivity index (χ2n) is 3.68. The average molecular weight is 199 g/mol. The number of nitrogens with two attached hydrogens (primary N) is 1. The largest absolute Gasteiger partial charge is 0.385 e. The molecule has 0 aromatic rings. The Kier molecular flexibility index (Phi) is 1.98. The van der Waals surface area contributed by atoms with Crippen LogP contribution in [-0.4, -0.2) is 28.4 Å². The first kappa shape index (κ1) is 8.87. The summed E-state index contributed by atoms with van der Waals surface area (Å²) >= 11 is 1.87. The fourth-order valence-electron chi connectivity index (χ4n) is 1.91. The third-order valence-corrected chi connectivity index (χ3v) is 4.25. The van der Waals surface area contributed by atoms with Gasteiger partial charge in [-0.15, -0.1) is 0 Å². The van der Waals surface area contributed by atoms with E-state index in [0.717, 1.165) is 12.2 Å². The Morgan fingerprint density at radius 2 is 2.54 bits per heavy atom. The van der Waals surface area contributed by atoms with Gasteiger partial charge in [0.1, 0.15) is 11.9 Å². The van der Waals surface area contributed by atoms with Crippen LogP contribution in [-0.2, 0) is 0 Å². The van der Waals surface area contributed by atoms with Crippen LogP contribution in [0.2, 0.25) is 0 Å². The highest BCUT2D eigenvalue weighted by Crippen LogP contribution is 2.41. The van der Waals surface area contributed by atoms with Gasteiger partial charge in [-0.2, -0.15) is 16.8 Å². The molecule has 2 aliphatic heterocycles. The Bertz CT molecular complexity index is 271. The van der Waals surface area contributed by atoms with E-state index in [-0.39, 0.29) is 16.8 Å². The molecule has 2 aliphatic rings. The minimum Gasteiger partial charge on any atom is -0.385 e. The summed E-state index contributed by atoms with van der Waals surface area (Å²) in [5, 5.41) is 2.80. The second kappa shape index (κ2) is 2.90. The Morgan fingerprint density at radius 3 is 3.00 bits per heavy atom. The summed E-state index contributed by atoms with van der Waals surface area (Å²) in [6.45, 7) is 2.14. The molecule has 2 heterocycles. The molecule has 2 atom stereocenters. The van der Waals surface area contributed by atoms with Crippen molar-refractivity contribution >= 4 is 23.6 Å². The first-order valence-electron chi connectivity index (χ1n) is 4.40. The number of carbonyl (C=O) groups excluding carboxylic acids is 1. The lowest BCUT2D eigenvalue weighted by atomic mass is 9.96. The number of urea groups is 1. The first-order chi connectivity index (χ1) is 6.12. The maximum absolute atomic E-state index is 11.0. The minimum absolute atomic E-state index is 0.0553. The van der Waals surface area contributed by atoms with Crippen LogP contribution in [0.4, 0.5) is 4.79 Å². The van der Waals surface area contributed by atoms with Gasteiger partial charge in [-0.25, -0.2) is 4.79 Å². The molecule has 2 rings (SSSR count). The molecule has 2 unspecified atom stereocenters. The molecule has 4 nitrogen and oxygen atoms in total. The van der Waals surface area contributed by atoms with Crippen LogP contribution in [0.15, 0.2) is 4.99 Å². The fourth-order valence-corrected chi connectivity index (χ4v) is 3.30. The third-order valence-electron chi connectivity index (χ3n) is 2.65. The predicted octanol–water partition coefficient (Wildman–Crippen LogP) is 0.721. The quantitative estimate of drug-likeness (QED) is 0.654. The number of rotatable bonds is 1. The number of amidine groups is 1. The van der Waals surface area contributed by atoms with E-state index in [0.29, 0.717) is 5.84 Å². The number of hydrogen-bond donors (Lipinski definition) is 2. The van der Waals surface area contributed by atoms with E-state index in [1.54, 1.807) is 0 Å². The summed E-state index contributed by atoms with van der Waals surface area (Å²) in [6.07, 6.45) is 2.29. The zero-order valence-electron chi connectivity index (χ0n) is 7.54. The van der Waals surface area contributed by atoms with E-state index in [2.05, 4.69) is 17.2 Å². The molecule has 2 amide bonds. The van der Waals surface area contributed by atoms with Gasteiger partial charge in [0.25, 0.3) is 0 Å². The van der Waals surface area contributed by atoms with Crippen molar-refractivity contribution in [3.63, 3.8) is 0 Å². The Morgan fingerprint density at radius 1 is 1.77 bits per heavy atom. The van der Waals surface area contributed by atoms with Crippen molar-refractivity contribution < 1.29 is 4.79 Å². The molecule has 0 aromatic heterocycles. The molecule has 0 spiro atoms. The molecular weight excluding hydrogens is 186 g/mol. The molecule has 5 heteroatoms. The van der Waals surface area contributed by atoms with Gasteiger partial charge < -0.3 is 11.1 Å². The van der Waals surface area contributed by atoms with Crippen molar-refractivity contribution in [2.45, 2.75) is 30.6 Å². The van der Waals surface area contributed by atoms with Gasteiger partial charge in [0.05, 0.1) is 0 Å². The van der Waals surface area contributed by atoms with Gasteiger partial charge in [0, 0.05) is 4.75 Å². The van der Waals surface area contributed by atoms with Gasteiger partial charge in [-0.3, -0.25) is 0 Å². The van der Waals surface area contributed by atoms with Crippen molar-refractivity contribution in [2.75, 3.05) is 5.75 Å². The van der Waals surface area contributed by atoms with Crippen LogP contribution in [0.3, 0.4) is 0 Å². The summed E-state index contributed by atoms with van der Waals surface area (Å²) in [5.41, 5.74) is 5.69. The number of amides is 2. The van der Waals surface area contributed by atoms with E-state index < -0.39 is 0 Å². The standard InChI is InChI=1S/C8H13N3OS/c1-8(3-2-4-13-8)5-6(9)11-7(12)10-5/h5H,2-4H2,1H3,(H3,9,10,11,12). The summed E-state index contributed by atoms with van der Waals surface area (Å²) < 4.78 is 0.0553. The Balaban J connectivity index is 2.17. The van der Waals surface area contributed by atoms with Crippen molar-refractivity contribution in [3.8, 4) is 0 Å². The van der Waals surface area contributed by atoms with E-state index >= 15 is 0 Å². The van der Waals surface area contributed by atoms with Crippen LogP contribution >= 0.6 is 11.8 Å². The summed E-state index contributed by atoms with van der Waals surface area (Å²) in [6, 6.07) is -0.358. The maximum atomic E-state index is 11.0. The summed E-state index contributed by atoms with van der Waals surface area (Å²) in [5.74, 6) is 1.60. The van der Waals surface area contributed by atoms with Gasteiger partial charge >= 0.3 is 6.03 Å². The molecule has 72 valence electrons. The first-order valence-corrected chi connectivity index (χ1v) is 5.39. The molecule has 1 fully saturated rings. The molecule has 0 bridgehead atoms. The lowest BCUT2D eigenvalue weighted by molar-refractivity contribution is 0.249. The number of nitrogens with zero attached hydrogens (tertiary/aromatic N) is 1.